The third-order valence-corrected chi connectivity index (χ3v) is 11.0. The number of nitrogens with zero attached hydrogens (tertiary/aromatic N) is 1. The molecule has 2 heterocycles. The van der Waals surface area contributed by atoms with E-state index in [0.29, 0.717) is 10.6 Å². The number of halogens is 5. The number of anilines is 1. The Hall–Kier alpha value is -3.60. The minimum Gasteiger partial charge on any atom is -0.454 e. The van der Waals surface area contributed by atoms with E-state index in [1.54, 1.807) is 18.2 Å². The number of esters is 1. The van der Waals surface area contributed by atoms with Crippen LogP contribution >= 0.6 is 23.2 Å². The van der Waals surface area contributed by atoms with Crippen LogP contribution in [-0.4, -0.2) is 41.0 Å². The Morgan fingerprint density at radius 1 is 0.894 bits per heavy atom. The molecule has 1 spiro atoms. The van der Waals surface area contributed by atoms with Crippen molar-refractivity contribution in [2.45, 2.75) is 48.0 Å². The molecule has 11 heteroatoms. The van der Waals surface area contributed by atoms with Gasteiger partial charge in [0, 0.05) is 27.6 Å². The minimum atomic E-state index is -1.82. The van der Waals surface area contributed by atoms with Gasteiger partial charge in [0.25, 0.3) is 0 Å². The number of hydrogen-bond acceptors (Lipinski definition) is 6. The fourth-order valence-corrected chi connectivity index (χ4v) is 9.08. The summed E-state index contributed by atoms with van der Waals surface area (Å²) in [5.74, 6) is -2.75. The highest BCUT2D eigenvalue weighted by Gasteiger charge is 2.80. The second-order valence-corrected chi connectivity index (χ2v) is 13.7. The van der Waals surface area contributed by atoms with E-state index in [-0.39, 0.29) is 34.7 Å². The van der Waals surface area contributed by atoms with Gasteiger partial charge in [0.05, 0.1) is 30.0 Å². The van der Waals surface area contributed by atoms with Crippen molar-refractivity contribution >= 4 is 34.9 Å². The van der Waals surface area contributed by atoms with Crippen LogP contribution < -0.4 is 11.2 Å². The molecular weight excluding hydrogens is 650 g/mol. The van der Waals surface area contributed by atoms with Gasteiger partial charge in [-0.05, 0) is 53.3 Å². The minimum absolute atomic E-state index is 0.000180. The fourth-order valence-electron chi connectivity index (χ4n) is 8.71. The van der Waals surface area contributed by atoms with Gasteiger partial charge in [0.15, 0.2) is 0 Å². The molecule has 4 aromatic rings. The van der Waals surface area contributed by atoms with Gasteiger partial charge in [-0.15, -0.1) is 0 Å². The molecule has 0 unspecified atom stereocenters. The Labute approximate surface area is 280 Å². The predicted molar refractivity (Wildman–Crippen MR) is 173 cm³/mol. The number of rotatable bonds is 7. The smallest absolute Gasteiger partial charge is 0.324 e. The SMILES string of the molecule is Nc1cc(Cl)ccc1[C@@]1(NO)[C@@H](c2cccc(Cl)c2F)[C@@H]2C(=O)O[C@@H](c3ccccc3)[C@@H](c3ccccc3)N2C12CC(CF)(CF)C2. The van der Waals surface area contributed by atoms with Gasteiger partial charge in [-0.3, -0.25) is 18.5 Å². The number of cyclic esters (lactones) is 1. The molecule has 2 saturated heterocycles. The number of alkyl halides is 2. The zero-order valence-electron chi connectivity index (χ0n) is 25.1. The lowest BCUT2D eigenvalue weighted by molar-refractivity contribution is -0.207. The second-order valence-electron chi connectivity index (χ2n) is 12.9. The summed E-state index contributed by atoms with van der Waals surface area (Å²) < 4.78 is 52.4. The Kier molecular flexibility index (Phi) is 8.04. The monoisotopic (exact) mass is 681 g/mol. The summed E-state index contributed by atoms with van der Waals surface area (Å²) in [7, 11) is 0. The van der Waals surface area contributed by atoms with E-state index in [0.717, 1.165) is 5.56 Å². The van der Waals surface area contributed by atoms with Crippen LogP contribution in [0.25, 0.3) is 0 Å². The first-order valence-corrected chi connectivity index (χ1v) is 16.0. The summed E-state index contributed by atoms with van der Waals surface area (Å²) in [6.45, 7) is -1.97. The second kappa shape index (κ2) is 11.8. The first kappa shape index (κ1) is 32.0. The number of morpholine rings is 1. The largest absolute Gasteiger partial charge is 0.454 e. The summed E-state index contributed by atoms with van der Waals surface area (Å²) in [6.07, 6.45) is -1.15. The van der Waals surface area contributed by atoms with Crippen molar-refractivity contribution in [1.82, 2.24) is 10.4 Å². The van der Waals surface area contributed by atoms with Crippen molar-refractivity contribution in [3.05, 3.63) is 135 Å². The maximum atomic E-state index is 16.3. The van der Waals surface area contributed by atoms with Gasteiger partial charge in [-0.1, -0.05) is 102 Å². The lowest BCUT2D eigenvalue weighted by Gasteiger charge is -2.65. The lowest BCUT2D eigenvalue weighted by atomic mass is 9.48. The van der Waals surface area contributed by atoms with Crippen molar-refractivity contribution in [2.24, 2.45) is 5.41 Å². The van der Waals surface area contributed by atoms with Crippen LogP contribution in [0.2, 0.25) is 10.0 Å². The van der Waals surface area contributed by atoms with Gasteiger partial charge < -0.3 is 15.7 Å². The number of ether oxygens (including phenoxy) is 1. The van der Waals surface area contributed by atoms with Crippen molar-refractivity contribution in [1.29, 1.82) is 0 Å². The molecule has 5 atom stereocenters. The summed E-state index contributed by atoms with van der Waals surface area (Å²) >= 11 is 12.7. The number of hydroxylamine groups is 1. The molecule has 0 radical (unpaired) electrons. The van der Waals surface area contributed by atoms with Crippen LogP contribution in [0.1, 0.15) is 53.2 Å². The first-order chi connectivity index (χ1) is 22.7. The highest BCUT2D eigenvalue weighted by molar-refractivity contribution is 6.31. The van der Waals surface area contributed by atoms with Crippen LogP contribution in [0.4, 0.5) is 18.9 Å². The van der Waals surface area contributed by atoms with Crippen LogP contribution in [0, 0.1) is 11.2 Å². The van der Waals surface area contributed by atoms with Crippen LogP contribution in [-0.2, 0) is 15.1 Å². The van der Waals surface area contributed by atoms with Crippen LogP contribution in [0.5, 0.6) is 0 Å². The molecule has 0 aromatic heterocycles. The predicted octanol–water partition coefficient (Wildman–Crippen LogP) is 7.85. The average molecular weight is 683 g/mol. The molecule has 1 aliphatic carbocycles. The maximum Gasteiger partial charge on any atom is 0.324 e. The molecule has 1 saturated carbocycles. The molecule has 0 amide bonds. The van der Waals surface area contributed by atoms with Gasteiger partial charge in [-0.25, -0.2) is 4.39 Å². The maximum absolute atomic E-state index is 16.3. The van der Waals surface area contributed by atoms with Gasteiger partial charge >= 0.3 is 5.97 Å². The van der Waals surface area contributed by atoms with E-state index >= 15 is 4.39 Å². The molecule has 4 N–H and O–H groups in total. The Morgan fingerprint density at radius 2 is 1.53 bits per heavy atom. The Bertz CT molecular complexity index is 1810. The van der Waals surface area contributed by atoms with E-state index in [1.165, 1.54) is 18.2 Å². The lowest BCUT2D eigenvalue weighted by Crippen LogP contribution is -2.74. The molecule has 3 fully saturated rings. The molecule has 0 bridgehead atoms. The fraction of sp³-hybridized carbons (Fsp3) is 0.306. The highest BCUT2D eigenvalue weighted by atomic mass is 35.5. The zero-order valence-corrected chi connectivity index (χ0v) is 26.6. The average Bonchev–Trinajstić information content (AvgIpc) is 3.33. The number of carbonyl (C=O) groups excluding carboxylic acids is 1. The molecular formula is C36H32Cl2F3N3O3. The quantitative estimate of drug-likeness (QED) is 0.105. The van der Waals surface area contributed by atoms with E-state index in [9.17, 15) is 18.8 Å². The Morgan fingerprint density at radius 3 is 2.13 bits per heavy atom. The zero-order chi connectivity index (χ0) is 33.1. The van der Waals surface area contributed by atoms with E-state index in [4.69, 9.17) is 33.7 Å². The van der Waals surface area contributed by atoms with Crippen LogP contribution in [0.3, 0.4) is 0 Å². The normalized spacial score (nSPS) is 27.7. The van der Waals surface area contributed by atoms with Crippen molar-refractivity contribution in [3.8, 4) is 0 Å². The number of nitrogens with one attached hydrogen (secondary N) is 1. The summed E-state index contributed by atoms with van der Waals surface area (Å²) in [5, 5.41) is 11.7. The molecule has 2 aliphatic heterocycles. The molecule has 7 rings (SSSR count). The summed E-state index contributed by atoms with van der Waals surface area (Å²) in [5.41, 5.74) is 6.35. The molecule has 47 heavy (non-hydrogen) atoms. The standard InChI is InChI=1S/C36H32Cl2F3N3O3/c37-23-14-15-25(27(42)16-23)36(43-46)28(24-12-7-13-26(38)29(24)41)31-33(45)47-32(22-10-5-2-6-11-22)30(21-8-3-1-4-9-21)44(31)35(36)17-34(18-35,19-39)20-40/h1-16,28,30-32,43,46H,17-20,42H2/t28-,30+,31+,32-,36+/m0/s1. The first-order valence-electron chi connectivity index (χ1n) is 15.3. The number of benzene rings is 4. The van der Waals surface area contributed by atoms with Gasteiger partial charge in [-0.2, -0.15) is 5.48 Å². The van der Waals surface area contributed by atoms with E-state index in [2.05, 4.69) is 5.48 Å². The third kappa shape index (κ3) is 4.54. The van der Waals surface area contributed by atoms with Gasteiger partial charge in [0.1, 0.15) is 18.0 Å². The van der Waals surface area contributed by atoms with E-state index < -0.39 is 65.7 Å². The number of nitrogens with two attached hydrogens (primary N) is 1. The van der Waals surface area contributed by atoms with Crippen LogP contribution in [0.15, 0.2) is 97.1 Å². The van der Waals surface area contributed by atoms with E-state index in [1.807, 2.05) is 65.6 Å². The molecule has 4 aromatic carbocycles. The molecule has 6 nitrogen and oxygen atoms in total. The summed E-state index contributed by atoms with van der Waals surface area (Å²) in [4.78, 5) is 16.5. The number of carbonyl (C=O) groups is 1. The van der Waals surface area contributed by atoms with Crippen molar-refractivity contribution in [3.63, 3.8) is 0 Å². The molecule has 3 aliphatic rings. The highest BCUT2D eigenvalue weighted by Crippen LogP contribution is 2.72. The summed E-state index contributed by atoms with van der Waals surface area (Å²) in [6, 6.07) is 25.6. The van der Waals surface area contributed by atoms with Crippen molar-refractivity contribution in [2.75, 3.05) is 19.1 Å². The number of hydrogen-bond donors (Lipinski definition) is 3. The number of fused-ring (bicyclic) bond motifs is 2. The topological polar surface area (TPSA) is 87.8 Å². The Balaban J connectivity index is 1.60. The third-order valence-electron chi connectivity index (χ3n) is 10.5. The number of nitrogen functional groups attached to an aromatic ring is 1. The van der Waals surface area contributed by atoms with Crippen molar-refractivity contribution < 1.29 is 27.9 Å². The molecule has 244 valence electrons. The van der Waals surface area contributed by atoms with Gasteiger partial charge in [0.2, 0.25) is 0 Å².